The Labute approximate surface area is 158 Å². The zero-order chi connectivity index (χ0) is 19.0. The van der Waals surface area contributed by atoms with Crippen molar-refractivity contribution >= 4 is 39.2 Å². The number of benzene rings is 2. The molecular formula is C19H16FN3O3S. The second kappa shape index (κ2) is 6.96. The lowest BCUT2D eigenvalue weighted by molar-refractivity contribution is -0.119. The van der Waals surface area contributed by atoms with Crippen molar-refractivity contribution in [3.05, 3.63) is 47.7 Å². The molecule has 0 bridgehead atoms. The monoisotopic (exact) mass is 385 g/mol. The molecule has 1 unspecified atom stereocenters. The highest BCUT2D eigenvalue weighted by Gasteiger charge is 2.32. The summed E-state index contributed by atoms with van der Waals surface area (Å²) in [6.07, 6.45) is -1.01. The van der Waals surface area contributed by atoms with Crippen molar-refractivity contribution in [1.82, 2.24) is 10.3 Å². The molecule has 1 aliphatic heterocycles. The highest BCUT2D eigenvalue weighted by atomic mass is 32.1. The number of hydrogen-bond acceptors (Lipinski definition) is 5. The summed E-state index contributed by atoms with van der Waals surface area (Å²) in [5, 5.41) is 2.61. The Morgan fingerprint density at radius 2 is 2.22 bits per heavy atom. The number of hydrogen-bond donors (Lipinski definition) is 1. The standard InChI is InChI=1S/C19H16FN3O3S/c1-11(24)21-8-14-9-23(19(25)26-14)13-3-4-15(16(20)7-13)12-2-5-17-18(6-12)27-10-22-17/h2-7,10,14H,8-9H2,1H3,(H,21,24). The SMILES string of the molecule is CC(=O)NCC1CN(c2ccc(-c3ccc4ncsc4c3)c(F)c2)C(=O)O1. The Morgan fingerprint density at radius 1 is 1.37 bits per heavy atom. The Hall–Kier alpha value is -3.00. The normalized spacial score (nSPS) is 16.6. The van der Waals surface area contributed by atoms with Crippen LogP contribution in [0.5, 0.6) is 0 Å². The number of fused-ring (bicyclic) bond motifs is 1. The third-order valence-electron chi connectivity index (χ3n) is 4.36. The van der Waals surface area contributed by atoms with Crippen molar-refractivity contribution in [1.29, 1.82) is 0 Å². The van der Waals surface area contributed by atoms with Crippen LogP contribution in [0.1, 0.15) is 6.92 Å². The number of nitrogens with one attached hydrogen (secondary N) is 1. The molecule has 0 spiro atoms. The van der Waals surface area contributed by atoms with Gasteiger partial charge in [0.25, 0.3) is 0 Å². The number of cyclic esters (lactones) is 1. The van der Waals surface area contributed by atoms with E-state index in [1.807, 2.05) is 18.2 Å². The smallest absolute Gasteiger partial charge is 0.414 e. The van der Waals surface area contributed by atoms with E-state index in [4.69, 9.17) is 4.74 Å². The van der Waals surface area contributed by atoms with Crippen molar-refractivity contribution in [2.45, 2.75) is 13.0 Å². The molecule has 8 heteroatoms. The maximum Gasteiger partial charge on any atom is 0.414 e. The summed E-state index contributed by atoms with van der Waals surface area (Å²) in [5.41, 5.74) is 4.26. The second-order valence-corrected chi connectivity index (χ2v) is 7.14. The van der Waals surface area contributed by atoms with Gasteiger partial charge in [0.2, 0.25) is 5.91 Å². The van der Waals surface area contributed by atoms with Crippen LogP contribution in [-0.2, 0) is 9.53 Å². The number of amides is 2. The van der Waals surface area contributed by atoms with Crippen LogP contribution in [0.25, 0.3) is 21.3 Å². The molecule has 1 aliphatic rings. The average Bonchev–Trinajstić information content (AvgIpc) is 3.25. The van der Waals surface area contributed by atoms with Gasteiger partial charge in [-0.3, -0.25) is 9.69 Å². The van der Waals surface area contributed by atoms with E-state index in [0.717, 1.165) is 15.8 Å². The molecule has 0 saturated carbocycles. The molecule has 6 nitrogen and oxygen atoms in total. The molecule has 1 atom stereocenters. The number of carbonyl (C=O) groups is 2. The maximum atomic E-state index is 14.7. The van der Waals surface area contributed by atoms with Crippen LogP contribution < -0.4 is 10.2 Å². The van der Waals surface area contributed by atoms with Crippen molar-refractivity contribution < 1.29 is 18.7 Å². The fraction of sp³-hybridized carbons (Fsp3) is 0.211. The molecule has 1 aromatic heterocycles. The number of aromatic nitrogens is 1. The highest BCUT2D eigenvalue weighted by molar-refractivity contribution is 7.16. The van der Waals surface area contributed by atoms with Crippen molar-refractivity contribution in [2.24, 2.45) is 0 Å². The van der Waals surface area contributed by atoms with E-state index in [1.165, 1.54) is 29.2 Å². The van der Waals surface area contributed by atoms with Gasteiger partial charge in [-0.1, -0.05) is 6.07 Å². The topological polar surface area (TPSA) is 71.5 Å². The molecule has 4 rings (SSSR count). The summed E-state index contributed by atoms with van der Waals surface area (Å²) in [6.45, 7) is 1.88. The van der Waals surface area contributed by atoms with Gasteiger partial charge in [0.1, 0.15) is 11.9 Å². The van der Waals surface area contributed by atoms with Gasteiger partial charge in [-0.05, 0) is 35.9 Å². The number of halogens is 1. The number of thiazole rings is 1. The van der Waals surface area contributed by atoms with E-state index in [1.54, 1.807) is 17.6 Å². The number of rotatable bonds is 4. The second-order valence-electron chi connectivity index (χ2n) is 6.25. The molecule has 0 radical (unpaired) electrons. The summed E-state index contributed by atoms with van der Waals surface area (Å²) >= 11 is 1.50. The Kier molecular flexibility index (Phi) is 4.49. The van der Waals surface area contributed by atoms with E-state index < -0.39 is 18.0 Å². The number of carbonyl (C=O) groups excluding carboxylic acids is 2. The molecule has 1 N–H and O–H groups in total. The van der Waals surface area contributed by atoms with Gasteiger partial charge in [-0.2, -0.15) is 0 Å². The zero-order valence-electron chi connectivity index (χ0n) is 14.4. The third-order valence-corrected chi connectivity index (χ3v) is 5.15. The average molecular weight is 385 g/mol. The molecule has 0 aliphatic carbocycles. The Morgan fingerprint density at radius 3 is 3.00 bits per heavy atom. The fourth-order valence-corrected chi connectivity index (χ4v) is 3.74. The van der Waals surface area contributed by atoms with Crippen LogP contribution >= 0.6 is 11.3 Å². The summed E-state index contributed by atoms with van der Waals surface area (Å²) in [7, 11) is 0. The van der Waals surface area contributed by atoms with Gasteiger partial charge in [-0.25, -0.2) is 14.2 Å². The van der Waals surface area contributed by atoms with Crippen molar-refractivity contribution in [2.75, 3.05) is 18.0 Å². The molecule has 2 heterocycles. The third kappa shape index (κ3) is 3.48. The molecule has 138 valence electrons. The van der Waals surface area contributed by atoms with Crippen LogP contribution in [-0.4, -0.2) is 36.2 Å². The number of anilines is 1. The molecule has 3 aromatic rings. The van der Waals surface area contributed by atoms with Crippen molar-refractivity contribution in [3.63, 3.8) is 0 Å². The predicted octanol–water partition coefficient (Wildman–Crippen LogP) is 3.56. The van der Waals surface area contributed by atoms with E-state index in [2.05, 4.69) is 10.3 Å². The predicted molar refractivity (Wildman–Crippen MR) is 101 cm³/mol. The highest BCUT2D eigenvalue weighted by Crippen LogP contribution is 2.31. The first-order valence-electron chi connectivity index (χ1n) is 8.37. The fourth-order valence-electron chi connectivity index (χ4n) is 3.02. The minimum atomic E-state index is -0.552. The van der Waals surface area contributed by atoms with Crippen LogP contribution in [0.3, 0.4) is 0 Å². The molecule has 27 heavy (non-hydrogen) atoms. The minimum Gasteiger partial charge on any atom is -0.442 e. The van der Waals surface area contributed by atoms with Crippen molar-refractivity contribution in [3.8, 4) is 11.1 Å². The first-order chi connectivity index (χ1) is 13.0. The summed E-state index contributed by atoms with van der Waals surface area (Å²) in [5.74, 6) is -0.618. The Balaban J connectivity index is 1.56. The van der Waals surface area contributed by atoms with Crippen LogP contribution in [0.4, 0.5) is 14.9 Å². The zero-order valence-corrected chi connectivity index (χ0v) is 15.3. The molecule has 2 aromatic carbocycles. The van der Waals surface area contributed by atoms with E-state index in [9.17, 15) is 14.0 Å². The van der Waals surface area contributed by atoms with E-state index in [-0.39, 0.29) is 19.0 Å². The molecular weight excluding hydrogens is 369 g/mol. The summed E-state index contributed by atoms with van der Waals surface area (Å²) < 4.78 is 20.9. The van der Waals surface area contributed by atoms with Gasteiger partial charge in [-0.15, -0.1) is 11.3 Å². The summed E-state index contributed by atoms with van der Waals surface area (Å²) in [6, 6.07) is 10.3. The van der Waals surface area contributed by atoms with Crippen LogP contribution in [0, 0.1) is 5.82 Å². The Bertz CT molecular complexity index is 1040. The van der Waals surface area contributed by atoms with Crippen LogP contribution in [0.15, 0.2) is 41.9 Å². The first kappa shape index (κ1) is 17.4. The number of nitrogens with zero attached hydrogens (tertiary/aromatic N) is 2. The molecule has 2 amide bonds. The van der Waals surface area contributed by atoms with Crippen LogP contribution in [0.2, 0.25) is 0 Å². The van der Waals surface area contributed by atoms with Gasteiger partial charge >= 0.3 is 6.09 Å². The lowest BCUT2D eigenvalue weighted by Crippen LogP contribution is -2.33. The van der Waals surface area contributed by atoms with Gasteiger partial charge in [0, 0.05) is 12.5 Å². The molecule has 1 saturated heterocycles. The lowest BCUT2D eigenvalue weighted by Gasteiger charge is -2.14. The summed E-state index contributed by atoms with van der Waals surface area (Å²) in [4.78, 5) is 28.7. The largest absolute Gasteiger partial charge is 0.442 e. The first-order valence-corrected chi connectivity index (χ1v) is 9.25. The quantitative estimate of drug-likeness (QED) is 0.745. The maximum absolute atomic E-state index is 14.7. The lowest BCUT2D eigenvalue weighted by atomic mass is 10.0. The molecule has 1 fully saturated rings. The van der Waals surface area contributed by atoms with Gasteiger partial charge < -0.3 is 10.1 Å². The van der Waals surface area contributed by atoms with Gasteiger partial charge in [0.05, 0.1) is 34.5 Å². The van der Waals surface area contributed by atoms with E-state index in [0.29, 0.717) is 11.3 Å². The number of ether oxygens (including phenoxy) is 1. The van der Waals surface area contributed by atoms with E-state index >= 15 is 0 Å². The van der Waals surface area contributed by atoms with Gasteiger partial charge in [0.15, 0.2) is 0 Å². The minimum absolute atomic E-state index is 0.196.